The van der Waals surface area contributed by atoms with Gasteiger partial charge in [-0.25, -0.2) is 0 Å². The molecule has 0 radical (unpaired) electrons. The highest BCUT2D eigenvalue weighted by molar-refractivity contribution is 5.97. The molecular weight excluding hydrogens is 284 g/mol. The Hall–Kier alpha value is -2.24. The molecule has 6 nitrogen and oxygen atoms in total. The Morgan fingerprint density at radius 3 is 2.77 bits per heavy atom. The van der Waals surface area contributed by atoms with Crippen molar-refractivity contribution >= 4 is 11.8 Å². The van der Waals surface area contributed by atoms with Gasteiger partial charge in [0.05, 0.1) is 6.04 Å². The van der Waals surface area contributed by atoms with Crippen molar-refractivity contribution in [2.24, 2.45) is 5.92 Å². The van der Waals surface area contributed by atoms with Crippen molar-refractivity contribution in [3.8, 4) is 11.5 Å². The predicted molar refractivity (Wildman–Crippen MR) is 77.3 cm³/mol. The van der Waals surface area contributed by atoms with E-state index in [1.165, 1.54) is 0 Å². The van der Waals surface area contributed by atoms with E-state index in [9.17, 15) is 9.59 Å². The van der Waals surface area contributed by atoms with Gasteiger partial charge in [0.1, 0.15) is 12.1 Å². The number of carbonyl (C=O) groups is 2. The van der Waals surface area contributed by atoms with Crippen LogP contribution in [0.3, 0.4) is 0 Å². The number of nitrogens with one attached hydrogen (secondary N) is 1. The van der Waals surface area contributed by atoms with Crippen LogP contribution in [0.15, 0.2) is 18.2 Å². The highest BCUT2D eigenvalue weighted by Crippen LogP contribution is 2.45. The van der Waals surface area contributed by atoms with E-state index >= 15 is 0 Å². The number of amides is 2. The topological polar surface area (TPSA) is 67.9 Å². The lowest BCUT2D eigenvalue weighted by Gasteiger charge is -2.37. The molecule has 0 aliphatic carbocycles. The Morgan fingerprint density at radius 1 is 1.18 bits per heavy atom. The van der Waals surface area contributed by atoms with Gasteiger partial charge in [-0.05, 0) is 37.0 Å². The first kappa shape index (κ1) is 13.4. The van der Waals surface area contributed by atoms with Gasteiger partial charge in [0.2, 0.25) is 18.6 Å². The Balaban J connectivity index is 1.74. The molecule has 6 heteroatoms. The lowest BCUT2D eigenvalue weighted by atomic mass is 9.94. The highest BCUT2D eigenvalue weighted by Gasteiger charge is 2.50. The summed E-state index contributed by atoms with van der Waals surface area (Å²) in [5.41, 5.74) is 0.995. The maximum absolute atomic E-state index is 12.6. The molecule has 3 aliphatic heterocycles. The summed E-state index contributed by atoms with van der Waals surface area (Å²) in [5, 5.41) is 2.76. The van der Waals surface area contributed by atoms with E-state index in [0.717, 1.165) is 11.3 Å². The molecule has 0 bridgehead atoms. The number of rotatable bonds is 1. The van der Waals surface area contributed by atoms with Gasteiger partial charge in [-0.1, -0.05) is 13.0 Å². The lowest BCUT2D eigenvalue weighted by molar-refractivity contribution is -0.148. The van der Waals surface area contributed by atoms with Crippen LogP contribution >= 0.6 is 0 Å². The van der Waals surface area contributed by atoms with Gasteiger partial charge in [-0.3, -0.25) is 9.59 Å². The van der Waals surface area contributed by atoms with Crippen molar-refractivity contribution in [3.05, 3.63) is 23.8 Å². The number of fused-ring (bicyclic) bond motifs is 2. The van der Waals surface area contributed by atoms with Crippen molar-refractivity contribution in [2.75, 3.05) is 6.79 Å². The SMILES string of the molecule is C[C@@H]1NC(=O)[C@H]2C[C@H](C)[C@@H](c3ccc4c(c3)OCO4)N2C1=O. The van der Waals surface area contributed by atoms with Gasteiger partial charge >= 0.3 is 0 Å². The molecule has 22 heavy (non-hydrogen) atoms. The van der Waals surface area contributed by atoms with Crippen molar-refractivity contribution in [1.29, 1.82) is 0 Å². The molecule has 3 aliphatic rings. The summed E-state index contributed by atoms with van der Waals surface area (Å²) >= 11 is 0. The van der Waals surface area contributed by atoms with E-state index < -0.39 is 6.04 Å². The number of hydrogen-bond acceptors (Lipinski definition) is 4. The fourth-order valence-electron chi connectivity index (χ4n) is 3.77. The molecular formula is C16H18N2O4. The normalized spacial score (nSPS) is 32.9. The predicted octanol–water partition coefficient (Wildman–Crippen LogP) is 1.21. The molecule has 2 amide bonds. The van der Waals surface area contributed by atoms with Crippen molar-refractivity contribution < 1.29 is 19.1 Å². The number of ether oxygens (including phenoxy) is 2. The minimum atomic E-state index is -0.467. The minimum absolute atomic E-state index is 0.0170. The Morgan fingerprint density at radius 2 is 1.95 bits per heavy atom. The van der Waals surface area contributed by atoms with Gasteiger partial charge in [-0.2, -0.15) is 0 Å². The standard InChI is InChI=1S/C16H18N2O4/c1-8-5-11-15(19)17-9(2)16(20)18(11)14(8)10-3-4-12-13(6-10)22-7-21-12/h3-4,6,8-9,11,14H,5,7H2,1-2H3,(H,17,19)/t8-,9-,11+,14-/m0/s1. The van der Waals surface area contributed by atoms with Gasteiger partial charge in [-0.15, -0.1) is 0 Å². The van der Waals surface area contributed by atoms with Crippen LogP contribution in [0.1, 0.15) is 31.9 Å². The molecule has 3 heterocycles. The van der Waals surface area contributed by atoms with E-state index in [1.54, 1.807) is 11.8 Å². The maximum Gasteiger partial charge on any atom is 0.246 e. The molecule has 1 aromatic rings. The number of piperazine rings is 1. The summed E-state index contributed by atoms with van der Waals surface area (Å²) in [6, 6.07) is 4.83. The Bertz CT molecular complexity index is 660. The monoisotopic (exact) mass is 302 g/mol. The van der Waals surface area contributed by atoms with Crippen LogP contribution < -0.4 is 14.8 Å². The van der Waals surface area contributed by atoms with Crippen LogP contribution in [0.25, 0.3) is 0 Å². The fraction of sp³-hybridized carbons (Fsp3) is 0.500. The van der Waals surface area contributed by atoms with Gasteiger partial charge < -0.3 is 19.7 Å². The molecule has 4 rings (SSSR count). The molecule has 2 saturated heterocycles. The summed E-state index contributed by atoms with van der Waals surface area (Å²) in [6.45, 7) is 4.04. The summed E-state index contributed by atoms with van der Waals surface area (Å²) < 4.78 is 10.8. The third-order valence-electron chi connectivity index (χ3n) is 4.79. The van der Waals surface area contributed by atoms with Crippen molar-refractivity contribution in [2.45, 2.75) is 38.4 Å². The zero-order valence-electron chi connectivity index (χ0n) is 12.5. The molecule has 0 saturated carbocycles. The summed E-state index contributed by atoms with van der Waals surface area (Å²) in [6.07, 6.45) is 0.684. The molecule has 0 aromatic heterocycles. The van der Waals surface area contributed by atoms with Gasteiger partial charge in [0, 0.05) is 0 Å². The average molecular weight is 302 g/mol. The summed E-state index contributed by atoms with van der Waals surface area (Å²) in [7, 11) is 0. The molecule has 0 spiro atoms. The number of hydrogen-bond donors (Lipinski definition) is 1. The molecule has 0 unspecified atom stereocenters. The van der Waals surface area contributed by atoms with Crippen LogP contribution in [0.2, 0.25) is 0 Å². The molecule has 116 valence electrons. The number of benzene rings is 1. The third kappa shape index (κ3) is 1.79. The fourth-order valence-corrected chi connectivity index (χ4v) is 3.77. The van der Waals surface area contributed by atoms with Crippen LogP contribution in [0, 0.1) is 5.92 Å². The second-order valence-electron chi connectivity index (χ2n) is 6.26. The van der Waals surface area contributed by atoms with E-state index in [0.29, 0.717) is 12.2 Å². The Kier molecular flexibility index (Phi) is 2.82. The average Bonchev–Trinajstić information content (AvgIpc) is 3.08. The molecule has 1 aromatic carbocycles. The minimum Gasteiger partial charge on any atom is -0.454 e. The molecule has 1 N–H and O–H groups in total. The van der Waals surface area contributed by atoms with E-state index in [2.05, 4.69) is 12.2 Å². The maximum atomic E-state index is 12.6. The molecule has 4 atom stereocenters. The second kappa shape index (κ2) is 4.63. The number of nitrogens with zero attached hydrogens (tertiary/aromatic N) is 1. The summed E-state index contributed by atoms with van der Waals surface area (Å²) in [5.74, 6) is 1.57. The largest absolute Gasteiger partial charge is 0.454 e. The lowest BCUT2D eigenvalue weighted by Crippen LogP contribution is -2.60. The molecule has 2 fully saturated rings. The van der Waals surface area contributed by atoms with E-state index in [4.69, 9.17) is 9.47 Å². The number of carbonyl (C=O) groups excluding carboxylic acids is 2. The van der Waals surface area contributed by atoms with Crippen LogP contribution in [0.5, 0.6) is 11.5 Å². The van der Waals surface area contributed by atoms with Crippen molar-refractivity contribution in [1.82, 2.24) is 10.2 Å². The zero-order chi connectivity index (χ0) is 15.4. The van der Waals surface area contributed by atoms with Crippen LogP contribution in [-0.2, 0) is 9.59 Å². The first-order valence-electron chi connectivity index (χ1n) is 7.58. The third-order valence-corrected chi connectivity index (χ3v) is 4.79. The van der Waals surface area contributed by atoms with Crippen LogP contribution in [0.4, 0.5) is 0 Å². The zero-order valence-corrected chi connectivity index (χ0v) is 12.5. The van der Waals surface area contributed by atoms with E-state index in [1.807, 2.05) is 18.2 Å². The summed E-state index contributed by atoms with van der Waals surface area (Å²) in [4.78, 5) is 26.5. The first-order valence-corrected chi connectivity index (χ1v) is 7.58. The van der Waals surface area contributed by atoms with E-state index in [-0.39, 0.29) is 36.6 Å². The van der Waals surface area contributed by atoms with Gasteiger partial charge in [0.15, 0.2) is 11.5 Å². The Labute approximate surface area is 128 Å². The van der Waals surface area contributed by atoms with Crippen molar-refractivity contribution in [3.63, 3.8) is 0 Å². The quantitative estimate of drug-likeness (QED) is 0.847. The van der Waals surface area contributed by atoms with Gasteiger partial charge in [0.25, 0.3) is 0 Å². The first-order chi connectivity index (χ1) is 10.6. The smallest absolute Gasteiger partial charge is 0.246 e. The van der Waals surface area contributed by atoms with Crippen LogP contribution in [-0.4, -0.2) is 35.6 Å². The highest BCUT2D eigenvalue weighted by atomic mass is 16.7. The second-order valence-corrected chi connectivity index (χ2v) is 6.26.